The molecule has 0 spiro atoms. The van der Waals surface area contributed by atoms with Crippen LogP contribution in [0.15, 0.2) is 42.6 Å². The van der Waals surface area contributed by atoms with Crippen LogP contribution in [0.5, 0.6) is 0 Å². The topological polar surface area (TPSA) is 68.1 Å². The van der Waals surface area contributed by atoms with E-state index >= 15 is 0 Å². The number of para-hydroxylation sites is 1. The maximum atomic E-state index is 13.5. The van der Waals surface area contributed by atoms with Crippen LogP contribution in [-0.4, -0.2) is 9.91 Å². The van der Waals surface area contributed by atoms with Gasteiger partial charge in [0.2, 0.25) is 0 Å². The first-order valence-corrected chi connectivity index (χ1v) is 5.25. The van der Waals surface area contributed by atoms with Gasteiger partial charge in [-0.15, -0.1) is 0 Å². The Bertz CT molecular complexity index is 561. The normalized spacial score (nSPS) is 10.1. The van der Waals surface area contributed by atoms with E-state index in [0.29, 0.717) is 5.69 Å². The quantitative estimate of drug-likeness (QED) is 0.666. The molecule has 0 aliphatic heterocycles. The van der Waals surface area contributed by atoms with Crippen LogP contribution in [0.2, 0.25) is 0 Å². The van der Waals surface area contributed by atoms with Crippen molar-refractivity contribution in [3.63, 3.8) is 0 Å². The van der Waals surface area contributed by atoms with Crippen molar-refractivity contribution in [1.82, 2.24) is 4.98 Å². The number of benzene rings is 1. The highest BCUT2D eigenvalue weighted by atomic mass is 19.1. The van der Waals surface area contributed by atoms with E-state index in [9.17, 15) is 14.5 Å². The molecule has 2 aromatic rings. The molecule has 0 atom stereocenters. The third-order valence-electron chi connectivity index (χ3n) is 2.36. The van der Waals surface area contributed by atoms with Crippen LogP contribution in [0.1, 0.15) is 5.69 Å². The molecule has 6 heteroatoms. The Hall–Kier alpha value is -2.50. The number of hydrogen-bond donors (Lipinski definition) is 1. The molecule has 1 heterocycles. The highest BCUT2D eigenvalue weighted by Gasteiger charge is 2.17. The molecule has 0 fully saturated rings. The minimum Gasteiger partial charge on any atom is -0.371 e. The molecule has 0 aliphatic carbocycles. The summed E-state index contributed by atoms with van der Waals surface area (Å²) in [4.78, 5) is 14.2. The van der Waals surface area contributed by atoms with Crippen LogP contribution in [0.4, 0.5) is 15.8 Å². The van der Waals surface area contributed by atoms with Crippen LogP contribution in [0.25, 0.3) is 0 Å². The number of anilines is 1. The van der Waals surface area contributed by atoms with E-state index in [-0.39, 0.29) is 17.9 Å². The van der Waals surface area contributed by atoms with Crippen molar-refractivity contribution < 1.29 is 9.31 Å². The minimum atomic E-state index is -0.653. The predicted octanol–water partition coefficient (Wildman–Crippen LogP) is 2.74. The van der Waals surface area contributed by atoms with Crippen molar-refractivity contribution in [3.05, 3.63) is 64.2 Å². The number of halogens is 1. The molecular formula is C12H10FN3O2. The largest absolute Gasteiger partial charge is 0.371 e. The summed E-state index contributed by atoms with van der Waals surface area (Å²) in [5.41, 5.74) is 0.272. The lowest BCUT2D eigenvalue weighted by Crippen LogP contribution is -2.05. The van der Waals surface area contributed by atoms with Crippen molar-refractivity contribution in [2.75, 3.05) is 5.32 Å². The summed E-state index contributed by atoms with van der Waals surface area (Å²) in [6.45, 7) is 0.225. The second-order valence-corrected chi connectivity index (χ2v) is 3.57. The van der Waals surface area contributed by atoms with E-state index < -0.39 is 10.7 Å². The van der Waals surface area contributed by atoms with Crippen molar-refractivity contribution in [2.24, 2.45) is 0 Å². The summed E-state index contributed by atoms with van der Waals surface area (Å²) in [5.74, 6) is -0.653. The van der Waals surface area contributed by atoms with E-state index in [2.05, 4.69) is 10.3 Å². The Morgan fingerprint density at radius 3 is 2.78 bits per heavy atom. The lowest BCUT2D eigenvalue weighted by Gasteiger charge is -2.07. The van der Waals surface area contributed by atoms with Crippen molar-refractivity contribution in [3.8, 4) is 0 Å². The molecule has 0 saturated carbocycles. The monoisotopic (exact) mass is 247 g/mol. The molecule has 92 valence electrons. The van der Waals surface area contributed by atoms with Crippen LogP contribution in [0, 0.1) is 15.9 Å². The molecule has 1 aromatic heterocycles. The van der Waals surface area contributed by atoms with Gasteiger partial charge >= 0.3 is 0 Å². The SMILES string of the molecule is O=[N+]([O-])c1cccc(F)c1NCc1ccccn1. The molecule has 0 unspecified atom stereocenters. The summed E-state index contributed by atoms with van der Waals surface area (Å²) >= 11 is 0. The number of nitrogens with zero attached hydrogens (tertiary/aromatic N) is 2. The van der Waals surface area contributed by atoms with E-state index in [0.717, 1.165) is 0 Å². The van der Waals surface area contributed by atoms with Gasteiger partial charge in [-0.3, -0.25) is 15.1 Å². The van der Waals surface area contributed by atoms with Gasteiger partial charge in [0.1, 0.15) is 5.69 Å². The minimum absolute atomic E-state index is 0.117. The zero-order chi connectivity index (χ0) is 13.0. The molecule has 2 rings (SSSR count). The molecule has 1 N–H and O–H groups in total. The Morgan fingerprint density at radius 2 is 2.11 bits per heavy atom. The molecule has 18 heavy (non-hydrogen) atoms. The van der Waals surface area contributed by atoms with Gasteiger partial charge in [0.05, 0.1) is 17.2 Å². The van der Waals surface area contributed by atoms with Crippen molar-refractivity contribution >= 4 is 11.4 Å². The highest BCUT2D eigenvalue weighted by molar-refractivity contribution is 5.62. The van der Waals surface area contributed by atoms with Crippen molar-refractivity contribution in [2.45, 2.75) is 6.54 Å². The maximum Gasteiger partial charge on any atom is 0.295 e. The lowest BCUT2D eigenvalue weighted by atomic mass is 10.2. The van der Waals surface area contributed by atoms with Gasteiger partial charge in [-0.05, 0) is 18.2 Å². The average molecular weight is 247 g/mol. The molecule has 0 amide bonds. The van der Waals surface area contributed by atoms with Gasteiger partial charge in [0, 0.05) is 12.3 Å². The summed E-state index contributed by atoms with van der Waals surface area (Å²) in [6.07, 6.45) is 1.60. The fraction of sp³-hybridized carbons (Fsp3) is 0.0833. The van der Waals surface area contributed by atoms with E-state index in [1.54, 1.807) is 24.4 Å². The average Bonchev–Trinajstić information content (AvgIpc) is 2.38. The number of pyridine rings is 1. The lowest BCUT2D eigenvalue weighted by molar-refractivity contribution is -0.384. The summed E-state index contributed by atoms with van der Waals surface area (Å²) in [7, 11) is 0. The van der Waals surface area contributed by atoms with Crippen LogP contribution in [0.3, 0.4) is 0 Å². The molecular weight excluding hydrogens is 237 g/mol. The first kappa shape index (κ1) is 12.0. The Labute approximate surface area is 102 Å². The molecule has 0 aliphatic rings. The fourth-order valence-corrected chi connectivity index (χ4v) is 1.52. The number of rotatable bonds is 4. The Balaban J connectivity index is 2.21. The zero-order valence-corrected chi connectivity index (χ0v) is 9.34. The van der Waals surface area contributed by atoms with Gasteiger partial charge in [0.25, 0.3) is 5.69 Å². The summed E-state index contributed by atoms with van der Waals surface area (Å²) in [6, 6.07) is 9.03. The van der Waals surface area contributed by atoms with Crippen LogP contribution in [-0.2, 0) is 6.54 Å². The smallest absolute Gasteiger partial charge is 0.295 e. The van der Waals surface area contributed by atoms with Crippen molar-refractivity contribution in [1.29, 1.82) is 0 Å². The third-order valence-corrected chi connectivity index (χ3v) is 2.36. The molecule has 1 aromatic carbocycles. The number of aromatic nitrogens is 1. The summed E-state index contributed by atoms with van der Waals surface area (Å²) < 4.78 is 13.5. The van der Waals surface area contributed by atoms with Gasteiger partial charge in [-0.2, -0.15) is 0 Å². The van der Waals surface area contributed by atoms with E-state index in [4.69, 9.17) is 0 Å². The second kappa shape index (κ2) is 5.22. The summed E-state index contributed by atoms with van der Waals surface area (Å²) in [5, 5.41) is 13.5. The molecule has 0 saturated heterocycles. The molecule has 5 nitrogen and oxygen atoms in total. The first-order chi connectivity index (χ1) is 8.68. The van der Waals surface area contributed by atoms with Gasteiger partial charge < -0.3 is 5.32 Å². The standard InChI is InChI=1S/C12H10FN3O2/c13-10-5-3-6-11(16(17)18)12(10)15-8-9-4-1-2-7-14-9/h1-7,15H,8H2. The number of hydrogen-bond acceptors (Lipinski definition) is 4. The van der Waals surface area contributed by atoms with Gasteiger partial charge in [0.15, 0.2) is 5.82 Å². The maximum absolute atomic E-state index is 13.5. The number of nitro groups is 1. The Kier molecular flexibility index (Phi) is 3.47. The first-order valence-electron chi connectivity index (χ1n) is 5.25. The third kappa shape index (κ3) is 2.60. The van der Waals surface area contributed by atoms with E-state index in [1.165, 1.54) is 18.2 Å². The second-order valence-electron chi connectivity index (χ2n) is 3.57. The highest BCUT2D eigenvalue weighted by Crippen LogP contribution is 2.27. The zero-order valence-electron chi connectivity index (χ0n) is 9.34. The fourth-order valence-electron chi connectivity index (χ4n) is 1.52. The van der Waals surface area contributed by atoms with Gasteiger partial charge in [-0.25, -0.2) is 4.39 Å². The van der Waals surface area contributed by atoms with Crippen LogP contribution >= 0.6 is 0 Å². The van der Waals surface area contributed by atoms with Gasteiger partial charge in [-0.1, -0.05) is 12.1 Å². The van der Waals surface area contributed by atoms with Crippen LogP contribution < -0.4 is 5.32 Å². The predicted molar refractivity (Wildman–Crippen MR) is 64.6 cm³/mol. The van der Waals surface area contributed by atoms with E-state index in [1.807, 2.05) is 0 Å². The molecule has 0 bridgehead atoms. The number of nitro benzene ring substituents is 1. The Morgan fingerprint density at radius 1 is 1.28 bits per heavy atom. The molecule has 0 radical (unpaired) electrons. The number of nitrogens with one attached hydrogen (secondary N) is 1.